The Morgan fingerprint density at radius 2 is 2.20 bits per heavy atom. The second-order valence-corrected chi connectivity index (χ2v) is 4.99. The Kier molecular flexibility index (Phi) is 3.37. The molecule has 0 saturated carbocycles. The van der Waals surface area contributed by atoms with Crippen LogP contribution in [0.4, 0.5) is 5.69 Å². The minimum absolute atomic E-state index is 0.429. The molecule has 3 rings (SSSR count). The Balaban J connectivity index is 1.94. The summed E-state index contributed by atoms with van der Waals surface area (Å²) in [5.74, 6) is -0.843. The second-order valence-electron chi connectivity index (χ2n) is 4.99. The number of hydrogen-bond acceptors (Lipinski definition) is 3. The molecule has 2 heterocycles. The Hall–Kier alpha value is -2.36. The number of aromatic nitrogens is 1. The number of carboxylic acids is 1. The molecule has 0 fully saturated rings. The fourth-order valence-corrected chi connectivity index (χ4v) is 2.78. The van der Waals surface area contributed by atoms with Gasteiger partial charge in [0.2, 0.25) is 0 Å². The monoisotopic (exact) mass is 268 g/mol. The van der Waals surface area contributed by atoms with E-state index < -0.39 is 5.97 Å². The average Bonchev–Trinajstić information content (AvgIpc) is 2.48. The molecular weight excluding hydrogens is 252 g/mol. The lowest BCUT2D eigenvalue weighted by Gasteiger charge is -2.32. The normalized spacial score (nSPS) is 13.9. The first-order valence-corrected chi connectivity index (χ1v) is 6.75. The van der Waals surface area contributed by atoms with Gasteiger partial charge < -0.3 is 10.0 Å². The fraction of sp³-hybridized carbons (Fsp3) is 0.250. The number of benzene rings is 1. The molecule has 0 spiro atoms. The topological polar surface area (TPSA) is 53.4 Å². The molecule has 2 aromatic rings. The molecule has 4 heteroatoms. The molecule has 0 bridgehead atoms. The van der Waals surface area contributed by atoms with Gasteiger partial charge in [0.15, 0.2) is 0 Å². The first kappa shape index (κ1) is 12.7. The smallest absolute Gasteiger partial charge is 0.336 e. The highest BCUT2D eigenvalue weighted by molar-refractivity contribution is 5.91. The van der Waals surface area contributed by atoms with Gasteiger partial charge in [0.1, 0.15) is 0 Å². The molecule has 4 nitrogen and oxygen atoms in total. The van der Waals surface area contributed by atoms with Crippen molar-refractivity contribution in [3.05, 3.63) is 59.4 Å². The standard InChI is InChI=1S/C16H16N2O2/c19-16(20)14-5-1-7-15-13(14)6-3-9-18(15)11-12-4-2-8-17-10-12/h1-2,4-5,7-8,10H,3,6,9,11H2,(H,19,20). The molecule has 20 heavy (non-hydrogen) atoms. The Morgan fingerprint density at radius 3 is 2.95 bits per heavy atom. The lowest BCUT2D eigenvalue weighted by Crippen LogP contribution is -2.29. The molecule has 0 atom stereocenters. The van der Waals surface area contributed by atoms with Gasteiger partial charge in [-0.15, -0.1) is 0 Å². The fourth-order valence-electron chi connectivity index (χ4n) is 2.78. The highest BCUT2D eigenvalue weighted by atomic mass is 16.4. The van der Waals surface area contributed by atoms with Gasteiger partial charge in [-0.25, -0.2) is 4.79 Å². The number of nitrogens with zero attached hydrogens (tertiary/aromatic N) is 2. The Bertz CT molecular complexity index is 626. The minimum Gasteiger partial charge on any atom is -0.478 e. The first-order chi connectivity index (χ1) is 9.75. The zero-order chi connectivity index (χ0) is 13.9. The predicted octanol–water partition coefficient (Wildman–Crippen LogP) is 2.73. The van der Waals surface area contributed by atoms with Crippen LogP contribution < -0.4 is 4.90 Å². The summed E-state index contributed by atoms with van der Waals surface area (Å²) in [6, 6.07) is 9.49. The van der Waals surface area contributed by atoms with Crippen LogP contribution in [0.1, 0.15) is 27.9 Å². The molecule has 0 unspecified atom stereocenters. The second kappa shape index (κ2) is 5.33. The van der Waals surface area contributed by atoms with E-state index in [9.17, 15) is 9.90 Å². The van der Waals surface area contributed by atoms with Gasteiger partial charge in [-0.05, 0) is 42.2 Å². The molecule has 1 aromatic carbocycles. The highest BCUT2D eigenvalue weighted by Gasteiger charge is 2.21. The number of pyridine rings is 1. The van der Waals surface area contributed by atoms with Gasteiger partial charge >= 0.3 is 5.97 Å². The van der Waals surface area contributed by atoms with Crippen molar-refractivity contribution in [1.82, 2.24) is 4.98 Å². The molecule has 1 aliphatic rings. The van der Waals surface area contributed by atoms with Crippen molar-refractivity contribution in [3.8, 4) is 0 Å². The third kappa shape index (κ3) is 2.37. The Morgan fingerprint density at radius 1 is 1.30 bits per heavy atom. The highest BCUT2D eigenvalue weighted by Crippen LogP contribution is 2.30. The molecular formula is C16H16N2O2. The number of aromatic carboxylic acids is 1. The van der Waals surface area contributed by atoms with Gasteiger partial charge in [0, 0.05) is 31.2 Å². The van der Waals surface area contributed by atoms with E-state index in [4.69, 9.17) is 0 Å². The van der Waals surface area contributed by atoms with Gasteiger partial charge in [0.05, 0.1) is 5.56 Å². The maximum absolute atomic E-state index is 11.3. The van der Waals surface area contributed by atoms with Gasteiger partial charge in [0.25, 0.3) is 0 Å². The summed E-state index contributed by atoms with van der Waals surface area (Å²) >= 11 is 0. The van der Waals surface area contributed by atoms with Crippen LogP contribution in [0.5, 0.6) is 0 Å². The Labute approximate surface area is 117 Å². The summed E-state index contributed by atoms with van der Waals surface area (Å²) in [6.45, 7) is 1.72. The number of rotatable bonds is 3. The van der Waals surface area contributed by atoms with E-state index in [0.29, 0.717) is 5.56 Å². The zero-order valence-electron chi connectivity index (χ0n) is 11.1. The lowest BCUT2D eigenvalue weighted by molar-refractivity contribution is 0.0695. The van der Waals surface area contributed by atoms with Gasteiger partial charge in [-0.2, -0.15) is 0 Å². The number of carbonyl (C=O) groups is 1. The van der Waals surface area contributed by atoms with Crippen LogP contribution in [-0.4, -0.2) is 22.6 Å². The van der Waals surface area contributed by atoms with E-state index in [1.165, 1.54) is 0 Å². The van der Waals surface area contributed by atoms with E-state index in [-0.39, 0.29) is 0 Å². The third-order valence-electron chi connectivity index (χ3n) is 3.67. The van der Waals surface area contributed by atoms with Crippen molar-refractivity contribution in [3.63, 3.8) is 0 Å². The van der Waals surface area contributed by atoms with Gasteiger partial charge in [-0.1, -0.05) is 12.1 Å². The van der Waals surface area contributed by atoms with Crippen molar-refractivity contribution < 1.29 is 9.90 Å². The summed E-state index contributed by atoms with van der Waals surface area (Å²) in [5, 5.41) is 9.29. The van der Waals surface area contributed by atoms with E-state index in [2.05, 4.69) is 9.88 Å². The predicted molar refractivity (Wildman–Crippen MR) is 77.0 cm³/mol. The van der Waals surface area contributed by atoms with Gasteiger partial charge in [-0.3, -0.25) is 4.98 Å². The van der Waals surface area contributed by atoms with E-state index in [1.54, 1.807) is 12.3 Å². The molecule has 1 aliphatic heterocycles. The molecule has 102 valence electrons. The summed E-state index contributed by atoms with van der Waals surface area (Å²) < 4.78 is 0. The quantitative estimate of drug-likeness (QED) is 0.930. The zero-order valence-corrected chi connectivity index (χ0v) is 11.1. The summed E-state index contributed by atoms with van der Waals surface area (Å²) in [7, 11) is 0. The van der Waals surface area contributed by atoms with Crippen LogP contribution in [0, 0.1) is 0 Å². The molecule has 0 radical (unpaired) electrons. The first-order valence-electron chi connectivity index (χ1n) is 6.75. The summed E-state index contributed by atoms with van der Waals surface area (Å²) in [4.78, 5) is 17.7. The average molecular weight is 268 g/mol. The van der Waals surface area contributed by atoms with Crippen LogP contribution in [0.15, 0.2) is 42.7 Å². The largest absolute Gasteiger partial charge is 0.478 e. The van der Waals surface area contributed by atoms with Crippen molar-refractivity contribution in [2.24, 2.45) is 0 Å². The van der Waals surface area contributed by atoms with Crippen molar-refractivity contribution in [1.29, 1.82) is 0 Å². The molecule has 0 amide bonds. The number of anilines is 1. The lowest BCUT2D eigenvalue weighted by atomic mass is 9.96. The van der Waals surface area contributed by atoms with Crippen molar-refractivity contribution in [2.45, 2.75) is 19.4 Å². The molecule has 1 aromatic heterocycles. The van der Waals surface area contributed by atoms with Crippen LogP contribution >= 0.6 is 0 Å². The van der Waals surface area contributed by atoms with Crippen LogP contribution in [0.2, 0.25) is 0 Å². The van der Waals surface area contributed by atoms with Crippen molar-refractivity contribution >= 4 is 11.7 Å². The summed E-state index contributed by atoms with van der Waals surface area (Å²) in [6.07, 6.45) is 5.43. The van der Waals surface area contributed by atoms with E-state index in [0.717, 1.165) is 42.7 Å². The number of carboxylic acid groups (broad SMARTS) is 1. The maximum Gasteiger partial charge on any atom is 0.336 e. The SMILES string of the molecule is O=C(O)c1cccc2c1CCCN2Cc1cccnc1. The minimum atomic E-state index is -0.843. The van der Waals surface area contributed by atoms with E-state index >= 15 is 0 Å². The molecule has 0 saturated heterocycles. The van der Waals surface area contributed by atoms with Crippen molar-refractivity contribution in [2.75, 3.05) is 11.4 Å². The summed E-state index contributed by atoms with van der Waals surface area (Å²) in [5.41, 5.74) is 3.56. The number of hydrogen-bond donors (Lipinski definition) is 1. The number of fused-ring (bicyclic) bond motifs is 1. The molecule has 0 aliphatic carbocycles. The van der Waals surface area contributed by atoms with E-state index in [1.807, 2.05) is 30.5 Å². The van der Waals surface area contributed by atoms with Crippen LogP contribution in [0.3, 0.4) is 0 Å². The van der Waals surface area contributed by atoms with Crippen LogP contribution in [-0.2, 0) is 13.0 Å². The van der Waals surface area contributed by atoms with Crippen LogP contribution in [0.25, 0.3) is 0 Å². The molecule has 1 N–H and O–H groups in total. The third-order valence-corrected chi connectivity index (χ3v) is 3.67. The maximum atomic E-state index is 11.3.